The van der Waals surface area contributed by atoms with Crippen molar-refractivity contribution in [2.24, 2.45) is 5.92 Å². The topological polar surface area (TPSA) is 105 Å². The summed E-state index contributed by atoms with van der Waals surface area (Å²) in [5, 5.41) is 12.3. The van der Waals surface area contributed by atoms with Gasteiger partial charge in [-0.1, -0.05) is 19.1 Å². The maximum absolute atomic E-state index is 12.4. The number of hydrogen-bond acceptors (Lipinski definition) is 6. The fourth-order valence-corrected chi connectivity index (χ4v) is 3.44. The molecule has 2 N–H and O–H groups in total. The molecule has 0 unspecified atom stereocenters. The van der Waals surface area contributed by atoms with Crippen LogP contribution < -0.4 is 15.8 Å². The predicted molar refractivity (Wildman–Crippen MR) is 107 cm³/mol. The second-order valence-electron chi connectivity index (χ2n) is 7.08. The average molecular weight is 393 g/mol. The summed E-state index contributed by atoms with van der Waals surface area (Å²) in [7, 11) is 0. The van der Waals surface area contributed by atoms with Gasteiger partial charge in [-0.2, -0.15) is 4.52 Å². The zero-order valence-electron chi connectivity index (χ0n) is 16.2. The summed E-state index contributed by atoms with van der Waals surface area (Å²) in [5.41, 5.74) is 7.45. The molecule has 3 aromatic rings. The normalized spacial score (nSPS) is 14.7. The van der Waals surface area contributed by atoms with Crippen LogP contribution in [-0.2, 0) is 11.2 Å². The van der Waals surface area contributed by atoms with Crippen LogP contribution in [-0.4, -0.2) is 44.7 Å². The zero-order chi connectivity index (χ0) is 20.2. The van der Waals surface area contributed by atoms with Gasteiger partial charge in [-0.25, -0.2) is 0 Å². The Labute approximate surface area is 168 Å². The fraction of sp³-hybridized carbons (Fsp3) is 0.350. The Bertz CT molecular complexity index is 1010. The second kappa shape index (κ2) is 8.26. The van der Waals surface area contributed by atoms with Gasteiger partial charge in [0.2, 0.25) is 5.91 Å². The zero-order valence-corrected chi connectivity index (χ0v) is 16.2. The number of piperidine rings is 1. The van der Waals surface area contributed by atoms with E-state index >= 15 is 0 Å². The van der Waals surface area contributed by atoms with Crippen LogP contribution in [0.2, 0.25) is 0 Å². The van der Waals surface area contributed by atoms with Gasteiger partial charge in [0.05, 0.1) is 0 Å². The molecular formula is C20H23N7O2. The monoisotopic (exact) mass is 393 g/mol. The number of hydrazine groups is 1. The van der Waals surface area contributed by atoms with Crippen LogP contribution in [0.5, 0.6) is 0 Å². The molecule has 1 fully saturated rings. The Morgan fingerprint density at radius 3 is 2.55 bits per heavy atom. The number of nitrogens with zero attached hydrogens (tertiary/aromatic N) is 5. The molecule has 0 radical (unpaired) electrons. The molecule has 4 rings (SSSR count). The van der Waals surface area contributed by atoms with Crippen LogP contribution in [0.15, 0.2) is 42.7 Å². The quantitative estimate of drug-likeness (QED) is 0.649. The molecule has 1 aromatic carbocycles. The molecule has 9 heteroatoms. The van der Waals surface area contributed by atoms with E-state index in [-0.39, 0.29) is 17.7 Å². The van der Waals surface area contributed by atoms with Gasteiger partial charge >= 0.3 is 0 Å². The first-order valence-electron chi connectivity index (χ1n) is 9.75. The minimum Gasteiger partial charge on any atom is -0.355 e. The van der Waals surface area contributed by atoms with E-state index < -0.39 is 0 Å². The number of carbonyl (C=O) groups excluding carboxylic acids is 2. The number of nitrogens with one attached hydrogen (secondary N) is 2. The highest BCUT2D eigenvalue weighted by atomic mass is 16.2. The summed E-state index contributed by atoms with van der Waals surface area (Å²) < 4.78 is 1.64. The first-order valence-corrected chi connectivity index (χ1v) is 9.75. The van der Waals surface area contributed by atoms with Crippen LogP contribution in [0.4, 0.5) is 5.82 Å². The van der Waals surface area contributed by atoms with Crippen molar-refractivity contribution in [1.82, 2.24) is 30.7 Å². The summed E-state index contributed by atoms with van der Waals surface area (Å²) in [6.45, 7) is 3.49. The standard InChI is InChI=1S/C20H23N7O2/c1-2-14-3-5-15(6-4-14)19(28)23-24-20(29)16-9-11-26(12-10-16)18-8-7-17-22-21-13-27(17)25-18/h3-8,13,16H,2,9-12H2,1H3,(H,23,28)(H,24,29). The molecule has 0 spiro atoms. The summed E-state index contributed by atoms with van der Waals surface area (Å²) in [5.74, 6) is 0.211. The molecule has 9 nitrogen and oxygen atoms in total. The summed E-state index contributed by atoms with van der Waals surface area (Å²) >= 11 is 0. The number of amides is 2. The minimum absolute atomic E-state index is 0.146. The molecule has 1 aliphatic heterocycles. The molecule has 29 heavy (non-hydrogen) atoms. The van der Waals surface area contributed by atoms with Gasteiger partial charge in [-0.15, -0.1) is 15.3 Å². The van der Waals surface area contributed by atoms with Gasteiger partial charge in [-0.05, 0) is 49.1 Å². The van der Waals surface area contributed by atoms with Crippen LogP contribution in [0.1, 0.15) is 35.7 Å². The highest BCUT2D eigenvalue weighted by Crippen LogP contribution is 2.22. The smallest absolute Gasteiger partial charge is 0.269 e. The van der Waals surface area contributed by atoms with E-state index in [1.165, 1.54) is 0 Å². The van der Waals surface area contributed by atoms with Crippen molar-refractivity contribution in [3.05, 3.63) is 53.9 Å². The first-order chi connectivity index (χ1) is 14.1. The Hall–Kier alpha value is -3.49. The van der Waals surface area contributed by atoms with Gasteiger partial charge in [0.15, 0.2) is 5.65 Å². The van der Waals surface area contributed by atoms with Crippen molar-refractivity contribution in [2.45, 2.75) is 26.2 Å². The Kier molecular flexibility index (Phi) is 5.37. The van der Waals surface area contributed by atoms with E-state index in [2.05, 4.69) is 38.0 Å². The lowest BCUT2D eigenvalue weighted by molar-refractivity contribution is -0.126. The predicted octanol–water partition coefficient (Wildman–Crippen LogP) is 1.36. The Morgan fingerprint density at radius 2 is 1.83 bits per heavy atom. The van der Waals surface area contributed by atoms with Crippen LogP contribution in [0, 0.1) is 5.92 Å². The van der Waals surface area contributed by atoms with Gasteiger partial charge in [0.1, 0.15) is 12.1 Å². The third-order valence-electron chi connectivity index (χ3n) is 5.26. The summed E-state index contributed by atoms with van der Waals surface area (Å²) in [4.78, 5) is 26.8. The molecule has 0 atom stereocenters. The van der Waals surface area contributed by atoms with Crippen LogP contribution in [0.3, 0.4) is 0 Å². The number of anilines is 1. The summed E-state index contributed by atoms with van der Waals surface area (Å²) in [6, 6.07) is 11.1. The highest BCUT2D eigenvalue weighted by Gasteiger charge is 2.26. The lowest BCUT2D eigenvalue weighted by Crippen LogP contribution is -2.47. The van der Waals surface area contributed by atoms with Crippen molar-refractivity contribution >= 4 is 23.3 Å². The average Bonchev–Trinajstić information content (AvgIpc) is 3.25. The minimum atomic E-state index is -0.315. The maximum Gasteiger partial charge on any atom is 0.269 e. The van der Waals surface area contributed by atoms with Gasteiger partial charge in [-0.3, -0.25) is 20.4 Å². The van der Waals surface area contributed by atoms with E-state index in [0.29, 0.717) is 37.1 Å². The number of hydrogen-bond donors (Lipinski definition) is 2. The van der Waals surface area contributed by atoms with Crippen molar-refractivity contribution in [3.63, 3.8) is 0 Å². The molecule has 1 saturated heterocycles. The number of aryl methyl sites for hydroxylation is 1. The third kappa shape index (κ3) is 4.18. The van der Waals surface area contributed by atoms with Crippen molar-refractivity contribution in [2.75, 3.05) is 18.0 Å². The van der Waals surface area contributed by atoms with E-state index in [1.807, 2.05) is 24.3 Å². The SMILES string of the molecule is CCc1ccc(C(=O)NNC(=O)C2CCN(c3ccc4nncn4n3)CC2)cc1. The summed E-state index contributed by atoms with van der Waals surface area (Å²) in [6.07, 6.45) is 3.86. The van der Waals surface area contributed by atoms with Crippen molar-refractivity contribution < 1.29 is 9.59 Å². The molecule has 1 aliphatic rings. The first kappa shape index (κ1) is 18.9. The molecule has 3 heterocycles. The van der Waals surface area contributed by atoms with E-state index in [9.17, 15) is 9.59 Å². The Balaban J connectivity index is 1.27. The lowest BCUT2D eigenvalue weighted by atomic mass is 9.96. The maximum atomic E-state index is 12.4. The Morgan fingerprint density at radius 1 is 1.07 bits per heavy atom. The van der Waals surface area contributed by atoms with Crippen molar-refractivity contribution in [1.29, 1.82) is 0 Å². The number of benzene rings is 1. The fourth-order valence-electron chi connectivity index (χ4n) is 3.44. The molecule has 2 aromatic heterocycles. The van der Waals surface area contributed by atoms with Crippen LogP contribution in [0.25, 0.3) is 5.65 Å². The number of carbonyl (C=O) groups is 2. The molecule has 150 valence electrons. The van der Waals surface area contributed by atoms with E-state index in [0.717, 1.165) is 17.8 Å². The van der Waals surface area contributed by atoms with Gasteiger partial charge in [0.25, 0.3) is 5.91 Å². The number of fused-ring (bicyclic) bond motifs is 1. The van der Waals surface area contributed by atoms with Gasteiger partial charge in [0, 0.05) is 24.6 Å². The van der Waals surface area contributed by atoms with Crippen LogP contribution >= 0.6 is 0 Å². The largest absolute Gasteiger partial charge is 0.355 e. The number of rotatable bonds is 4. The second-order valence-corrected chi connectivity index (χ2v) is 7.08. The molecule has 0 aliphatic carbocycles. The lowest BCUT2D eigenvalue weighted by Gasteiger charge is -2.31. The number of aromatic nitrogens is 4. The van der Waals surface area contributed by atoms with Gasteiger partial charge < -0.3 is 4.90 Å². The molecule has 2 amide bonds. The highest BCUT2D eigenvalue weighted by molar-refractivity contribution is 5.95. The van der Waals surface area contributed by atoms with E-state index in [1.54, 1.807) is 23.0 Å². The molecule has 0 saturated carbocycles. The molecule has 0 bridgehead atoms. The van der Waals surface area contributed by atoms with Crippen molar-refractivity contribution in [3.8, 4) is 0 Å². The van der Waals surface area contributed by atoms with E-state index in [4.69, 9.17) is 0 Å². The third-order valence-corrected chi connectivity index (χ3v) is 5.26. The molecular weight excluding hydrogens is 370 g/mol.